The molecule has 6 heteroatoms. The number of amides is 2. The van der Waals surface area contributed by atoms with Gasteiger partial charge in [0.25, 0.3) is 11.8 Å². The number of halogens is 1. The van der Waals surface area contributed by atoms with Crippen molar-refractivity contribution in [2.75, 3.05) is 17.3 Å². The SMILES string of the molecule is COc1ccc(C2=C(Nc3cccc(C)c3)C(=O)N(c3ccc(Cl)cc3)C2=O)cc1. The van der Waals surface area contributed by atoms with Crippen LogP contribution in [0.3, 0.4) is 0 Å². The third-order valence-electron chi connectivity index (χ3n) is 4.83. The van der Waals surface area contributed by atoms with Crippen LogP contribution in [0.1, 0.15) is 11.1 Å². The number of ether oxygens (including phenoxy) is 1. The second-order valence-corrected chi connectivity index (χ2v) is 7.33. The van der Waals surface area contributed by atoms with Crippen molar-refractivity contribution >= 4 is 40.4 Å². The summed E-state index contributed by atoms with van der Waals surface area (Å²) in [6, 6.07) is 21.3. The molecule has 5 nitrogen and oxygen atoms in total. The highest BCUT2D eigenvalue weighted by Gasteiger charge is 2.40. The molecule has 0 atom stereocenters. The molecule has 2 amide bonds. The van der Waals surface area contributed by atoms with Crippen molar-refractivity contribution in [2.45, 2.75) is 6.92 Å². The van der Waals surface area contributed by atoms with Crippen LogP contribution in [0.5, 0.6) is 5.75 Å². The van der Waals surface area contributed by atoms with Gasteiger partial charge in [0, 0.05) is 10.7 Å². The lowest BCUT2D eigenvalue weighted by Crippen LogP contribution is -2.32. The van der Waals surface area contributed by atoms with E-state index in [0.717, 1.165) is 16.2 Å². The number of anilines is 2. The molecule has 0 unspecified atom stereocenters. The molecule has 1 heterocycles. The lowest BCUT2D eigenvalue weighted by Gasteiger charge is -2.15. The Bertz CT molecular complexity index is 1150. The van der Waals surface area contributed by atoms with Crippen LogP contribution in [0.15, 0.2) is 78.5 Å². The summed E-state index contributed by atoms with van der Waals surface area (Å²) in [5.74, 6) is -0.156. The minimum Gasteiger partial charge on any atom is -0.497 e. The van der Waals surface area contributed by atoms with Crippen molar-refractivity contribution in [2.24, 2.45) is 0 Å². The van der Waals surface area contributed by atoms with Crippen molar-refractivity contribution in [3.05, 3.63) is 94.6 Å². The van der Waals surface area contributed by atoms with Crippen LogP contribution in [0.4, 0.5) is 11.4 Å². The van der Waals surface area contributed by atoms with E-state index in [-0.39, 0.29) is 5.70 Å². The Labute approximate surface area is 179 Å². The van der Waals surface area contributed by atoms with Crippen molar-refractivity contribution in [1.82, 2.24) is 0 Å². The van der Waals surface area contributed by atoms with E-state index in [1.165, 1.54) is 0 Å². The fourth-order valence-electron chi connectivity index (χ4n) is 3.36. The Balaban J connectivity index is 1.81. The number of nitrogens with zero attached hydrogens (tertiary/aromatic N) is 1. The van der Waals surface area contributed by atoms with Gasteiger partial charge in [0.1, 0.15) is 11.4 Å². The van der Waals surface area contributed by atoms with E-state index in [4.69, 9.17) is 16.3 Å². The number of imide groups is 1. The maximum Gasteiger partial charge on any atom is 0.282 e. The third-order valence-corrected chi connectivity index (χ3v) is 5.09. The molecule has 1 aliphatic heterocycles. The molecule has 3 aromatic rings. The first kappa shape index (κ1) is 19.7. The molecular weight excluding hydrogens is 400 g/mol. The average molecular weight is 419 g/mol. The van der Waals surface area contributed by atoms with Gasteiger partial charge in [-0.25, -0.2) is 4.90 Å². The van der Waals surface area contributed by atoms with Gasteiger partial charge in [-0.1, -0.05) is 35.9 Å². The van der Waals surface area contributed by atoms with Crippen molar-refractivity contribution in [3.8, 4) is 5.75 Å². The number of benzene rings is 3. The van der Waals surface area contributed by atoms with E-state index in [9.17, 15) is 9.59 Å². The molecule has 0 saturated carbocycles. The molecule has 150 valence electrons. The predicted molar refractivity (Wildman–Crippen MR) is 119 cm³/mol. The highest BCUT2D eigenvalue weighted by molar-refractivity contribution is 6.46. The van der Waals surface area contributed by atoms with Crippen LogP contribution >= 0.6 is 11.6 Å². The number of rotatable bonds is 5. The van der Waals surface area contributed by atoms with Crippen molar-refractivity contribution < 1.29 is 14.3 Å². The summed E-state index contributed by atoms with van der Waals surface area (Å²) in [5, 5.41) is 3.69. The van der Waals surface area contributed by atoms with Crippen LogP contribution in [-0.2, 0) is 9.59 Å². The predicted octanol–water partition coefficient (Wildman–Crippen LogP) is 5.05. The summed E-state index contributed by atoms with van der Waals surface area (Å²) in [7, 11) is 1.57. The lowest BCUT2D eigenvalue weighted by molar-refractivity contribution is -0.120. The second-order valence-electron chi connectivity index (χ2n) is 6.90. The molecular formula is C24H19ClN2O3. The Morgan fingerprint density at radius 1 is 0.900 bits per heavy atom. The molecule has 4 rings (SSSR count). The highest BCUT2D eigenvalue weighted by Crippen LogP contribution is 2.34. The summed E-state index contributed by atoms with van der Waals surface area (Å²) >= 11 is 5.97. The molecule has 3 aromatic carbocycles. The van der Waals surface area contributed by atoms with Crippen molar-refractivity contribution in [3.63, 3.8) is 0 Å². The van der Waals surface area contributed by atoms with Crippen LogP contribution in [-0.4, -0.2) is 18.9 Å². The molecule has 0 bridgehead atoms. The van der Waals surface area contributed by atoms with Gasteiger partial charge in [0.15, 0.2) is 0 Å². The fourth-order valence-corrected chi connectivity index (χ4v) is 3.49. The molecule has 30 heavy (non-hydrogen) atoms. The van der Waals surface area contributed by atoms with Crippen LogP contribution in [0, 0.1) is 6.92 Å². The van der Waals surface area contributed by atoms with E-state index in [1.807, 2.05) is 31.2 Å². The quantitative estimate of drug-likeness (QED) is 0.589. The van der Waals surface area contributed by atoms with E-state index in [2.05, 4.69) is 5.32 Å². The molecule has 0 fully saturated rings. The lowest BCUT2D eigenvalue weighted by atomic mass is 10.0. The van der Waals surface area contributed by atoms with Gasteiger partial charge < -0.3 is 10.1 Å². The zero-order valence-corrected chi connectivity index (χ0v) is 17.2. The van der Waals surface area contributed by atoms with Crippen LogP contribution < -0.4 is 15.0 Å². The van der Waals surface area contributed by atoms with E-state index in [1.54, 1.807) is 55.6 Å². The van der Waals surface area contributed by atoms with E-state index < -0.39 is 11.8 Å². The Hall–Kier alpha value is -3.57. The second kappa shape index (κ2) is 8.05. The maximum absolute atomic E-state index is 13.4. The number of nitrogens with one attached hydrogen (secondary N) is 1. The van der Waals surface area contributed by atoms with Crippen LogP contribution in [0.2, 0.25) is 5.02 Å². The highest BCUT2D eigenvalue weighted by atomic mass is 35.5. The topological polar surface area (TPSA) is 58.6 Å². The van der Waals surface area contributed by atoms with Gasteiger partial charge in [0.05, 0.1) is 18.4 Å². The molecule has 0 aromatic heterocycles. The molecule has 0 aliphatic carbocycles. The zero-order chi connectivity index (χ0) is 21.3. The van der Waals surface area contributed by atoms with E-state index in [0.29, 0.717) is 27.6 Å². The molecule has 0 saturated heterocycles. The number of hydrogen-bond donors (Lipinski definition) is 1. The zero-order valence-electron chi connectivity index (χ0n) is 16.5. The van der Waals surface area contributed by atoms with Gasteiger partial charge in [0.2, 0.25) is 0 Å². The summed E-state index contributed by atoms with van der Waals surface area (Å²) in [4.78, 5) is 27.9. The molecule has 1 aliphatic rings. The first-order valence-electron chi connectivity index (χ1n) is 9.34. The van der Waals surface area contributed by atoms with E-state index >= 15 is 0 Å². The summed E-state index contributed by atoms with van der Waals surface area (Å²) in [6.45, 7) is 1.96. The third kappa shape index (κ3) is 3.67. The number of methoxy groups -OCH3 is 1. The summed E-state index contributed by atoms with van der Waals surface area (Å²) in [6.07, 6.45) is 0. The Kier molecular flexibility index (Phi) is 5.29. The first-order chi connectivity index (χ1) is 14.5. The smallest absolute Gasteiger partial charge is 0.282 e. The largest absolute Gasteiger partial charge is 0.497 e. The monoisotopic (exact) mass is 418 g/mol. The Morgan fingerprint density at radius 2 is 1.60 bits per heavy atom. The fraction of sp³-hybridized carbons (Fsp3) is 0.0833. The molecule has 1 N–H and O–H groups in total. The first-order valence-corrected chi connectivity index (χ1v) is 9.72. The van der Waals surface area contributed by atoms with Gasteiger partial charge in [-0.2, -0.15) is 0 Å². The standard InChI is InChI=1S/C24H19ClN2O3/c1-15-4-3-5-18(14-15)26-22-21(16-6-12-20(30-2)13-7-16)23(28)27(24(22)29)19-10-8-17(25)9-11-19/h3-14,26H,1-2H3. The van der Waals surface area contributed by atoms with Crippen LogP contribution in [0.25, 0.3) is 5.57 Å². The Morgan fingerprint density at radius 3 is 2.23 bits per heavy atom. The number of carbonyl (C=O) groups excluding carboxylic acids is 2. The summed E-state index contributed by atoms with van der Waals surface area (Å²) < 4.78 is 5.21. The molecule has 0 radical (unpaired) electrons. The minimum absolute atomic E-state index is 0.228. The maximum atomic E-state index is 13.4. The average Bonchev–Trinajstić information content (AvgIpc) is 2.98. The van der Waals surface area contributed by atoms with Gasteiger partial charge in [-0.15, -0.1) is 0 Å². The number of aryl methyl sites for hydroxylation is 1. The van der Waals surface area contributed by atoms with Gasteiger partial charge in [-0.3, -0.25) is 9.59 Å². The summed E-state index contributed by atoms with van der Waals surface area (Å²) in [5.41, 5.74) is 3.39. The normalized spacial score (nSPS) is 13.8. The number of carbonyl (C=O) groups is 2. The number of hydrogen-bond acceptors (Lipinski definition) is 4. The van der Waals surface area contributed by atoms with Gasteiger partial charge >= 0.3 is 0 Å². The van der Waals surface area contributed by atoms with Gasteiger partial charge in [-0.05, 0) is 66.6 Å². The molecule has 0 spiro atoms. The minimum atomic E-state index is -0.422. The van der Waals surface area contributed by atoms with Crippen molar-refractivity contribution in [1.29, 1.82) is 0 Å².